The summed E-state index contributed by atoms with van der Waals surface area (Å²) in [7, 11) is 0. The standard InChI is InChI=1S/C18H34/c1-7-12(4)16-8-13(5)17(16)9-15-10-18(15)14(6)11(2)3/h11-18H,7-10H2,1-6H3. The Morgan fingerprint density at radius 2 is 1.67 bits per heavy atom. The smallest absolute Gasteiger partial charge is 0.0355 e. The molecule has 18 heavy (non-hydrogen) atoms. The lowest BCUT2D eigenvalue weighted by Gasteiger charge is -2.47. The van der Waals surface area contributed by atoms with Gasteiger partial charge in [-0.25, -0.2) is 0 Å². The third kappa shape index (κ3) is 2.78. The first-order chi connectivity index (χ1) is 8.45. The van der Waals surface area contributed by atoms with E-state index in [1.54, 1.807) is 6.42 Å². The van der Waals surface area contributed by atoms with E-state index >= 15 is 0 Å². The fraction of sp³-hybridized carbons (Fsp3) is 1.00. The van der Waals surface area contributed by atoms with Gasteiger partial charge in [0.25, 0.3) is 0 Å². The fourth-order valence-electron chi connectivity index (χ4n) is 4.40. The van der Waals surface area contributed by atoms with E-state index in [9.17, 15) is 0 Å². The maximum Gasteiger partial charge on any atom is -0.0355 e. The van der Waals surface area contributed by atoms with Gasteiger partial charge in [-0.05, 0) is 66.6 Å². The quantitative estimate of drug-likeness (QED) is 0.573. The number of hydrogen-bond donors (Lipinski definition) is 0. The molecular formula is C18H34. The summed E-state index contributed by atoms with van der Waals surface area (Å²) in [6.07, 6.45) is 5.98. The van der Waals surface area contributed by atoms with E-state index in [0.717, 1.165) is 47.3 Å². The monoisotopic (exact) mass is 250 g/mol. The molecule has 0 aromatic rings. The van der Waals surface area contributed by atoms with E-state index in [-0.39, 0.29) is 0 Å². The molecule has 2 fully saturated rings. The SMILES string of the molecule is CCC(C)C1CC(C)C1CC1CC1C(C)C(C)C. The van der Waals surface area contributed by atoms with Crippen LogP contribution in [0.3, 0.4) is 0 Å². The van der Waals surface area contributed by atoms with Crippen molar-refractivity contribution in [3.63, 3.8) is 0 Å². The van der Waals surface area contributed by atoms with Crippen LogP contribution in [0.4, 0.5) is 0 Å². The van der Waals surface area contributed by atoms with Crippen molar-refractivity contribution >= 4 is 0 Å². The summed E-state index contributed by atoms with van der Waals surface area (Å²) in [4.78, 5) is 0. The normalized spacial score (nSPS) is 42.5. The van der Waals surface area contributed by atoms with Crippen molar-refractivity contribution in [2.45, 2.75) is 67.2 Å². The van der Waals surface area contributed by atoms with Crippen LogP contribution in [0.1, 0.15) is 67.2 Å². The molecule has 0 bridgehead atoms. The third-order valence-corrected chi connectivity index (χ3v) is 6.58. The highest BCUT2D eigenvalue weighted by molar-refractivity contribution is 4.97. The second-order valence-corrected chi connectivity index (χ2v) is 7.92. The Morgan fingerprint density at radius 3 is 2.17 bits per heavy atom. The van der Waals surface area contributed by atoms with Gasteiger partial charge >= 0.3 is 0 Å². The zero-order valence-electron chi connectivity index (χ0n) is 13.4. The van der Waals surface area contributed by atoms with Crippen molar-refractivity contribution in [3.8, 4) is 0 Å². The molecule has 2 saturated carbocycles. The van der Waals surface area contributed by atoms with Crippen LogP contribution in [0.25, 0.3) is 0 Å². The van der Waals surface area contributed by atoms with Gasteiger partial charge in [-0.1, -0.05) is 48.0 Å². The van der Waals surface area contributed by atoms with Crippen molar-refractivity contribution in [2.75, 3.05) is 0 Å². The van der Waals surface area contributed by atoms with Crippen LogP contribution in [-0.4, -0.2) is 0 Å². The lowest BCUT2D eigenvalue weighted by atomic mass is 9.59. The second-order valence-electron chi connectivity index (χ2n) is 7.92. The Bertz CT molecular complexity index is 267. The highest BCUT2D eigenvalue weighted by Crippen LogP contribution is 2.56. The van der Waals surface area contributed by atoms with Gasteiger partial charge in [0.1, 0.15) is 0 Å². The highest BCUT2D eigenvalue weighted by Gasteiger charge is 2.48. The molecule has 2 aliphatic carbocycles. The molecule has 0 saturated heterocycles. The summed E-state index contributed by atoms with van der Waals surface area (Å²) in [5.74, 6) is 8.08. The number of hydrogen-bond acceptors (Lipinski definition) is 0. The number of rotatable bonds is 6. The molecule has 2 aliphatic rings. The minimum absolute atomic E-state index is 0.879. The Balaban J connectivity index is 1.80. The van der Waals surface area contributed by atoms with Gasteiger partial charge in [-0.3, -0.25) is 0 Å². The molecule has 2 rings (SSSR count). The largest absolute Gasteiger partial charge is 0.0651 e. The van der Waals surface area contributed by atoms with E-state index in [1.165, 1.54) is 19.3 Å². The Kier molecular flexibility index (Phi) is 4.44. The van der Waals surface area contributed by atoms with Crippen molar-refractivity contribution in [1.29, 1.82) is 0 Å². The zero-order chi connectivity index (χ0) is 13.4. The van der Waals surface area contributed by atoms with E-state index in [4.69, 9.17) is 0 Å². The molecule has 0 aliphatic heterocycles. The van der Waals surface area contributed by atoms with Crippen LogP contribution in [0.2, 0.25) is 0 Å². The molecule has 0 aromatic carbocycles. The van der Waals surface area contributed by atoms with Gasteiger partial charge in [0.15, 0.2) is 0 Å². The van der Waals surface area contributed by atoms with Crippen LogP contribution < -0.4 is 0 Å². The average molecular weight is 250 g/mol. The first-order valence-corrected chi connectivity index (χ1v) is 8.45. The summed E-state index contributed by atoms with van der Waals surface area (Å²) >= 11 is 0. The zero-order valence-corrected chi connectivity index (χ0v) is 13.4. The van der Waals surface area contributed by atoms with E-state index in [0.29, 0.717) is 0 Å². The maximum atomic E-state index is 2.49. The summed E-state index contributed by atoms with van der Waals surface area (Å²) in [5.41, 5.74) is 0. The van der Waals surface area contributed by atoms with Gasteiger partial charge in [0.2, 0.25) is 0 Å². The Hall–Kier alpha value is 0. The minimum atomic E-state index is 0.879. The molecule has 0 nitrogen and oxygen atoms in total. The average Bonchev–Trinajstić information content (AvgIpc) is 3.10. The molecular weight excluding hydrogens is 216 g/mol. The van der Waals surface area contributed by atoms with Gasteiger partial charge < -0.3 is 0 Å². The molecule has 0 spiro atoms. The van der Waals surface area contributed by atoms with E-state index < -0.39 is 0 Å². The van der Waals surface area contributed by atoms with Crippen LogP contribution in [0.15, 0.2) is 0 Å². The van der Waals surface area contributed by atoms with Crippen LogP contribution in [-0.2, 0) is 0 Å². The molecule has 0 heterocycles. The topological polar surface area (TPSA) is 0 Å². The second kappa shape index (κ2) is 5.55. The molecule has 0 N–H and O–H groups in total. The minimum Gasteiger partial charge on any atom is -0.0651 e. The van der Waals surface area contributed by atoms with Gasteiger partial charge in [0.05, 0.1) is 0 Å². The summed E-state index contributed by atoms with van der Waals surface area (Å²) in [5, 5.41) is 0. The van der Waals surface area contributed by atoms with Gasteiger partial charge in [-0.15, -0.1) is 0 Å². The highest BCUT2D eigenvalue weighted by atomic mass is 14.5. The predicted molar refractivity (Wildman–Crippen MR) is 80.4 cm³/mol. The predicted octanol–water partition coefficient (Wildman–Crippen LogP) is 5.62. The molecule has 106 valence electrons. The van der Waals surface area contributed by atoms with Crippen LogP contribution in [0, 0.1) is 47.3 Å². The summed E-state index contributed by atoms with van der Waals surface area (Å²) in [6.45, 7) is 14.6. The Morgan fingerprint density at radius 1 is 1.00 bits per heavy atom. The lowest BCUT2D eigenvalue weighted by Crippen LogP contribution is -2.39. The van der Waals surface area contributed by atoms with E-state index in [1.807, 2.05) is 0 Å². The van der Waals surface area contributed by atoms with Gasteiger partial charge in [-0.2, -0.15) is 0 Å². The summed E-state index contributed by atoms with van der Waals surface area (Å²) in [6, 6.07) is 0. The van der Waals surface area contributed by atoms with Crippen molar-refractivity contribution < 1.29 is 0 Å². The molecule has 0 radical (unpaired) electrons. The molecule has 7 unspecified atom stereocenters. The third-order valence-electron chi connectivity index (χ3n) is 6.58. The van der Waals surface area contributed by atoms with E-state index in [2.05, 4.69) is 41.5 Å². The van der Waals surface area contributed by atoms with Crippen molar-refractivity contribution in [1.82, 2.24) is 0 Å². The van der Waals surface area contributed by atoms with Crippen LogP contribution in [0.5, 0.6) is 0 Å². The molecule has 0 aromatic heterocycles. The molecule has 0 heteroatoms. The summed E-state index contributed by atoms with van der Waals surface area (Å²) < 4.78 is 0. The first-order valence-electron chi connectivity index (χ1n) is 8.45. The van der Waals surface area contributed by atoms with Gasteiger partial charge in [0, 0.05) is 0 Å². The Labute approximate surface area is 115 Å². The van der Waals surface area contributed by atoms with Crippen molar-refractivity contribution in [2.24, 2.45) is 47.3 Å². The first kappa shape index (κ1) is 14.4. The van der Waals surface area contributed by atoms with Crippen LogP contribution >= 0.6 is 0 Å². The maximum absolute atomic E-state index is 2.49. The fourth-order valence-corrected chi connectivity index (χ4v) is 4.40. The lowest BCUT2D eigenvalue weighted by molar-refractivity contribution is 0.0261. The molecule has 7 atom stereocenters. The van der Waals surface area contributed by atoms with Crippen molar-refractivity contribution in [3.05, 3.63) is 0 Å². The molecule has 0 amide bonds.